The quantitative estimate of drug-likeness (QED) is 0.798. The first-order chi connectivity index (χ1) is 11.8. The number of benzene rings is 1. The Hall–Kier alpha value is -2.24. The number of carbonyl (C=O) groups is 1. The van der Waals surface area contributed by atoms with E-state index in [2.05, 4.69) is 22.5 Å². The molecule has 1 N–H and O–H groups in total. The van der Waals surface area contributed by atoms with E-state index in [0.717, 1.165) is 38.0 Å². The third kappa shape index (κ3) is 2.64. The minimum absolute atomic E-state index is 0.0798. The van der Waals surface area contributed by atoms with Crippen molar-refractivity contribution in [2.24, 2.45) is 7.05 Å². The molecule has 0 bridgehead atoms. The maximum Gasteiger partial charge on any atom is 0.410 e. The van der Waals surface area contributed by atoms with Crippen LogP contribution in [0.3, 0.4) is 0 Å². The van der Waals surface area contributed by atoms with E-state index in [1.54, 1.807) is 0 Å². The van der Waals surface area contributed by atoms with Gasteiger partial charge in [-0.05, 0) is 51.3 Å². The molecule has 0 saturated carbocycles. The summed E-state index contributed by atoms with van der Waals surface area (Å²) in [6.07, 6.45) is 3.66. The number of nitrogens with one attached hydrogen (secondary N) is 1. The lowest BCUT2D eigenvalue weighted by atomic mass is 9.73. The summed E-state index contributed by atoms with van der Waals surface area (Å²) in [6.45, 7) is 8.11. The lowest BCUT2D eigenvalue weighted by Crippen LogP contribution is -2.47. The normalized spacial score (nSPS) is 19.1. The van der Waals surface area contributed by atoms with E-state index in [9.17, 15) is 4.79 Å². The molecule has 2 aromatic rings. The fourth-order valence-electron chi connectivity index (χ4n) is 4.17. The first kappa shape index (κ1) is 16.2. The molecule has 1 fully saturated rings. The fourth-order valence-corrected chi connectivity index (χ4v) is 4.17. The number of fused-ring (bicyclic) bond motifs is 4. The van der Waals surface area contributed by atoms with Gasteiger partial charge in [0.2, 0.25) is 0 Å². The predicted octanol–water partition coefficient (Wildman–Crippen LogP) is 3.27. The van der Waals surface area contributed by atoms with Crippen molar-refractivity contribution in [3.63, 3.8) is 0 Å². The molecule has 0 atom stereocenters. The Balaban J connectivity index is 1.59. The van der Waals surface area contributed by atoms with Crippen LogP contribution in [-0.4, -0.2) is 46.0 Å². The number of hydrogen-bond donors (Lipinski definition) is 1. The zero-order valence-electron chi connectivity index (χ0n) is 15.4. The molecule has 0 aliphatic carbocycles. The standard InChI is InChI=1S/C19H26N4O2/c1-18(2,3)25-17(24)23-9-7-19(8-10-23)12-20-14-5-6-15-13(16(14)19)11-21-22(15)4/h5-6,11,20H,7-10,12H2,1-4H3. The highest BCUT2D eigenvalue weighted by molar-refractivity contribution is 5.90. The summed E-state index contributed by atoms with van der Waals surface area (Å²) in [4.78, 5) is 14.2. The number of piperidine rings is 1. The first-order valence-electron chi connectivity index (χ1n) is 8.96. The van der Waals surface area contributed by atoms with Crippen molar-refractivity contribution in [3.8, 4) is 0 Å². The van der Waals surface area contributed by atoms with Gasteiger partial charge in [-0.2, -0.15) is 5.10 Å². The average molecular weight is 342 g/mol. The van der Waals surface area contributed by atoms with Gasteiger partial charge in [0, 0.05) is 43.2 Å². The number of rotatable bonds is 0. The van der Waals surface area contributed by atoms with Gasteiger partial charge in [-0.15, -0.1) is 0 Å². The molecular weight excluding hydrogens is 316 g/mol. The summed E-state index contributed by atoms with van der Waals surface area (Å²) in [5, 5.41) is 9.24. The molecule has 134 valence electrons. The number of aryl methyl sites for hydroxylation is 1. The van der Waals surface area contributed by atoms with Gasteiger partial charge in [0.25, 0.3) is 0 Å². The van der Waals surface area contributed by atoms with Crippen LogP contribution in [-0.2, 0) is 17.2 Å². The number of amides is 1. The van der Waals surface area contributed by atoms with Gasteiger partial charge in [0.1, 0.15) is 5.60 Å². The summed E-state index contributed by atoms with van der Waals surface area (Å²) in [5.74, 6) is 0. The molecule has 2 aliphatic rings. The van der Waals surface area contributed by atoms with Crippen molar-refractivity contribution in [1.29, 1.82) is 0 Å². The summed E-state index contributed by atoms with van der Waals surface area (Å²) >= 11 is 0. The molecule has 6 nitrogen and oxygen atoms in total. The van der Waals surface area contributed by atoms with Gasteiger partial charge in [-0.1, -0.05) is 0 Å². The van der Waals surface area contributed by atoms with Crippen molar-refractivity contribution in [1.82, 2.24) is 14.7 Å². The van der Waals surface area contributed by atoms with Crippen LogP contribution < -0.4 is 5.32 Å². The molecule has 1 amide bonds. The predicted molar refractivity (Wildman–Crippen MR) is 97.9 cm³/mol. The highest BCUT2D eigenvalue weighted by Crippen LogP contribution is 2.47. The van der Waals surface area contributed by atoms with Crippen LogP contribution in [0.1, 0.15) is 39.2 Å². The summed E-state index contributed by atoms with van der Waals surface area (Å²) in [6, 6.07) is 4.29. The average Bonchev–Trinajstić information content (AvgIpc) is 3.08. The summed E-state index contributed by atoms with van der Waals surface area (Å²) in [5.41, 5.74) is 3.39. The summed E-state index contributed by atoms with van der Waals surface area (Å²) < 4.78 is 7.46. The SMILES string of the molecule is Cn1ncc2c3c(ccc21)NCC31CCN(C(=O)OC(C)(C)C)CC1. The van der Waals surface area contributed by atoms with Crippen LogP contribution in [0.2, 0.25) is 0 Å². The summed E-state index contributed by atoms with van der Waals surface area (Å²) in [7, 11) is 1.98. The van der Waals surface area contributed by atoms with Gasteiger partial charge in [0.05, 0.1) is 11.7 Å². The van der Waals surface area contributed by atoms with E-state index in [1.165, 1.54) is 16.6 Å². The Kier molecular flexibility index (Phi) is 3.49. The van der Waals surface area contributed by atoms with Crippen LogP contribution in [0.15, 0.2) is 18.3 Å². The van der Waals surface area contributed by atoms with Crippen molar-refractivity contribution in [2.45, 2.75) is 44.6 Å². The zero-order valence-corrected chi connectivity index (χ0v) is 15.4. The van der Waals surface area contributed by atoms with Gasteiger partial charge in [-0.25, -0.2) is 4.79 Å². The molecule has 0 radical (unpaired) electrons. The van der Waals surface area contributed by atoms with Gasteiger partial charge < -0.3 is 15.0 Å². The second-order valence-electron chi connectivity index (χ2n) is 8.29. The second-order valence-corrected chi connectivity index (χ2v) is 8.29. The van der Waals surface area contributed by atoms with Crippen molar-refractivity contribution in [3.05, 3.63) is 23.9 Å². The Morgan fingerprint density at radius 2 is 2.00 bits per heavy atom. The number of ether oxygens (including phenoxy) is 1. The van der Waals surface area contributed by atoms with Crippen LogP contribution >= 0.6 is 0 Å². The van der Waals surface area contributed by atoms with Gasteiger partial charge in [-0.3, -0.25) is 4.68 Å². The fraction of sp³-hybridized carbons (Fsp3) is 0.579. The molecule has 1 aromatic heterocycles. The van der Waals surface area contributed by atoms with Gasteiger partial charge >= 0.3 is 6.09 Å². The van der Waals surface area contributed by atoms with E-state index in [0.29, 0.717) is 0 Å². The van der Waals surface area contributed by atoms with Crippen molar-refractivity contribution < 1.29 is 9.53 Å². The van der Waals surface area contributed by atoms with Gasteiger partial charge in [0.15, 0.2) is 0 Å². The number of hydrogen-bond acceptors (Lipinski definition) is 4. The third-order valence-corrected chi connectivity index (χ3v) is 5.45. The molecule has 3 heterocycles. The second kappa shape index (κ2) is 5.38. The van der Waals surface area contributed by atoms with E-state index in [4.69, 9.17) is 4.74 Å². The van der Waals surface area contributed by atoms with E-state index < -0.39 is 5.60 Å². The number of nitrogens with zero attached hydrogens (tertiary/aromatic N) is 3. The topological polar surface area (TPSA) is 59.4 Å². The van der Waals surface area contributed by atoms with E-state index in [-0.39, 0.29) is 11.5 Å². The lowest BCUT2D eigenvalue weighted by Gasteiger charge is -2.39. The highest BCUT2D eigenvalue weighted by Gasteiger charge is 2.44. The Morgan fingerprint density at radius 1 is 1.28 bits per heavy atom. The van der Waals surface area contributed by atoms with Crippen LogP contribution in [0.5, 0.6) is 0 Å². The van der Waals surface area contributed by atoms with Crippen molar-refractivity contribution >= 4 is 22.7 Å². The molecule has 1 spiro atoms. The molecule has 6 heteroatoms. The van der Waals surface area contributed by atoms with Crippen LogP contribution in [0.4, 0.5) is 10.5 Å². The number of aromatic nitrogens is 2. The minimum atomic E-state index is -0.449. The molecule has 25 heavy (non-hydrogen) atoms. The number of carbonyl (C=O) groups excluding carboxylic acids is 1. The molecule has 1 aromatic carbocycles. The molecule has 2 aliphatic heterocycles. The van der Waals surface area contributed by atoms with Crippen LogP contribution in [0, 0.1) is 0 Å². The first-order valence-corrected chi connectivity index (χ1v) is 8.96. The minimum Gasteiger partial charge on any atom is -0.444 e. The maximum absolute atomic E-state index is 12.4. The molecule has 0 unspecified atom stereocenters. The molecule has 4 rings (SSSR count). The zero-order chi connectivity index (χ0) is 17.8. The van der Waals surface area contributed by atoms with Crippen molar-refractivity contribution in [2.75, 3.05) is 25.0 Å². The molecule has 1 saturated heterocycles. The Bertz CT molecular complexity index is 826. The van der Waals surface area contributed by atoms with Crippen LogP contribution in [0.25, 0.3) is 10.9 Å². The van der Waals surface area contributed by atoms with E-state index in [1.807, 2.05) is 43.6 Å². The Labute approximate surface area is 148 Å². The largest absolute Gasteiger partial charge is 0.444 e. The third-order valence-electron chi connectivity index (χ3n) is 5.45. The maximum atomic E-state index is 12.4. The molecular formula is C19H26N4O2. The number of likely N-dealkylation sites (tertiary alicyclic amines) is 1. The number of anilines is 1. The smallest absolute Gasteiger partial charge is 0.410 e. The monoisotopic (exact) mass is 342 g/mol. The lowest BCUT2D eigenvalue weighted by molar-refractivity contribution is 0.0172. The highest BCUT2D eigenvalue weighted by atomic mass is 16.6. The Morgan fingerprint density at radius 3 is 2.68 bits per heavy atom. The van der Waals surface area contributed by atoms with E-state index >= 15 is 0 Å².